The minimum Gasteiger partial charge on any atom is -0.375 e. The molecule has 0 aliphatic carbocycles. The summed E-state index contributed by atoms with van der Waals surface area (Å²) in [6, 6.07) is 9.86. The van der Waals surface area contributed by atoms with Crippen molar-refractivity contribution in [1.82, 2.24) is 4.90 Å². The van der Waals surface area contributed by atoms with Crippen molar-refractivity contribution < 1.29 is 8.95 Å². The van der Waals surface area contributed by atoms with Gasteiger partial charge < -0.3 is 15.4 Å². The quantitative estimate of drug-likeness (QED) is 0.432. The van der Waals surface area contributed by atoms with Crippen LogP contribution >= 0.6 is 24.0 Å². The first-order valence-electron chi connectivity index (χ1n) is 7.20. The van der Waals surface area contributed by atoms with Crippen LogP contribution < -0.4 is 5.73 Å². The molecule has 1 saturated heterocycles. The van der Waals surface area contributed by atoms with Gasteiger partial charge in [0.05, 0.1) is 19.3 Å². The van der Waals surface area contributed by atoms with Crippen molar-refractivity contribution >= 4 is 40.7 Å². The van der Waals surface area contributed by atoms with Gasteiger partial charge in [-0.05, 0) is 12.5 Å². The molecule has 22 heavy (non-hydrogen) atoms. The Balaban J connectivity index is 0.00000242. The zero-order valence-electron chi connectivity index (χ0n) is 12.8. The van der Waals surface area contributed by atoms with E-state index < -0.39 is 10.8 Å². The van der Waals surface area contributed by atoms with Gasteiger partial charge in [0, 0.05) is 35.4 Å². The Morgan fingerprint density at radius 1 is 1.45 bits per heavy atom. The van der Waals surface area contributed by atoms with Crippen LogP contribution in [0.5, 0.6) is 0 Å². The average Bonchev–Trinajstić information content (AvgIpc) is 2.48. The normalized spacial score (nSPS) is 20.3. The van der Waals surface area contributed by atoms with Crippen molar-refractivity contribution in [2.75, 3.05) is 32.0 Å². The standard InChI is InChI=1S/C15H23N3O2S.HI/c1-13-11-18(8-9-20-13)15(16)17-7-10-21(19)12-14-5-3-2-4-6-14;/h2-6,13H,7-12H2,1H3,(H2,16,17);1H. The lowest BCUT2D eigenvalue weighted by molar-refractivity contribution is 0.00531. The second-order valence-electron chi connectivity index (χ2n) is 5.14. The number of guanidine groups is 1. The summed E-state index contributed by atoms with van der Waals surface area (Å²) in [7, 11) is -0.905. The number of morpholine rings is 1. The van der Waals surface area contributed by atoms with Gasteiger partial charge in [0.1, 0.15) is 0 Å². The summed E-state index contributed by atoms with van der Waals surface area (Å²) >= 11 is 0. The molecule has 0 spiro atoms. The Hall–Kier alpha value is -0.670. The number of benzene rings is 1. The van der Waals surface area contributed by atoms with Crippen LogP contribution in [0.3, 0.4) is 0 Å². The first-order chi connectivity index (χ1) is 10.1. The van der Waals surface area contributed by atoms with Crippen LogP contribution in [0.1, 0.15) is 12.5 Å². The molecule has 1 aliphatic rings. The predicted molar refractivity (Wildman–Crippen MR) is 102 cm³/mol. The molecule has 1 aromatic rings. The van der Waals surface area contributed by atoms with Crippen molar-refractivity contribution in [2.24, 2.45) is 10.7 Å². The zero-order chi connectivity index (χ0) is 15.1. The lowest BCUT2D eigenvalue weighted by atomic mass is 10.2. The Labute approximate surface area is 151 Å². The van der Waals surface area contributed by atoms with Gasteiger partial charge in [-0.3, -0.25) is 9.20 Å². The Bertz CT molecular complexity index is 499. The topological polar surface area (TPSA) is 67.9 Å². The average molecular weight is 437 g/mol. The van der Waals surface area contributed by atoms with Gasteiger partial charge in [0.25, 0.3) is 0 Å². The molecule has 0 radical (unpaired) electrons. The maximum atomic E-state index is 12.0. The Morgan fingerprint density at radius 2 is 2.18 bits per heavy atom. The first-order valence-corrected chi connectivity index (χ1v) is 8.69. The molecule has 0 bridgehead atoms. The molecule has 1 aromatic carbocycles. The van der Waals surface area contributed by atoms with Gasteiger partial charge in [-0.15, -0.1) is 24.0 Å². The third-order valence-corrected chi connectivity index (χ3v) is 4.62. The number of hydrogen-bond donors (Lipinski definition) is 1. The maximum absolute atomic E-state index is 12.0. The van der Waals surface area contributed by atoms with Crippen LogP contribution in [0.4, 0.5) is 0 Å². The van der Waals surface area contributed by atoms with Crippen LogP contribution in [0.25, 0.3) is 0 Å². The van der Waals surface area contributed by atoms with Crippen LogP contribution in [0.2, 0.25) is 0 Å². The Morgan fingerprint density at radius 3 is 2.86 bits per heavy atom. The summed E-state index contributed by atoms with van der Waals surface area (Å²) in [5.74, 6) is 1.64. The summed E-state index contributed by atoms with van der Waals surface area (Å²) in [6.45, 7) is 4.73. The molecule has 124 valence electrons. The maximum Gasteiger partial charge on any atom is 0.191 e. The number of nitrogens with zero attached hydrogens (tertiary/aromatic N) is 2. The number of nitrogens with two attached hydrogens (primary N) is 1. The third-order valence-electron chi connectivity index (χ3n) is 3.33. The fourth-order valence-electron chi connectivity index (χ4n) is 2.22. The number of aliphatic imine (C=N–C) groups is 1. The molecule has 0 saturated carbocycles. The Kier molecular flexibility index (Phi) is 8.96. The molecule has 2 unspecified atom stereocenters. The van der Waals surface area contributed by atoms with Crippen molar-refractivity contribution in [3.05, 3.63) is 35.9 Å². The highest BCUT2D eigenvalue weighted by Crippen LogP contribution is 2.05. The summed E-state index contributed by atoms with van der Waals surface area (Å²) in [5, 5.41) is 0. The minimum absolute atomic E-state index is 0. The molecule has 2 atom stereocenters. The van der Waals surface area contributed by atoms with Crippen LogP contribution in [0.15, 0.2) is 35.3 Å². The van der Waals surface area contributed by atoms with E-state index in [2.05, 4.69) is 4.99 Å². The SMILES string of the molecule is CC1CN(C(N)=NCCS(=O)Cc2ccccc2)CCO1.I. The molecule has 1 heterocycles. The van der Waals surface area contributed by atoms with Crippen molar-refractivity contribution in [1.29, 1.82) is 0 Å². The molecule has 0 aromatic heterocycles. The van der Waals surface area contributed by atoms with Crippen molar-refractivity contribution in [3.63, 3.8) is 0 Å². The molecule has 1 fully saturated rings. The summed E-state index contributed by atoms with van der Waals surface area (Å²) in [4.78, 5) is 6.36. The molecular formula is C15H24IN3O2S. The van der Waals surface area contributed by atoms with E-state index in [1.807, 2.05) is 42.2 Å². The summed E-state index contributed by atoms with van der Waals surface area (Å²) in [6.07, 6.45) is 0.180. The van der Waals surface area contributed by atoms with E-state index in [0.29, 0.717) is 30.6 Å². The number of rotatable bonds is 5. The van der Waals surface area contributed by atoms with Crippen molar-refractivity contribution in [2.45, 2.75) is 18.8 Å². The van der Waals surface area contributed by atoms with Gasteiger partial charge >= 0.3 is 0 Å². The van der Waals surface area contributed by atoms with Crippen LogP contribution in [-0.4, -0.2) is 53.2 Å². The summed E-state index contributed by atoms with van der Waals surface area (Å²) < 4.78 is 17.5. The highest BCUT2D eigenvalue weighted by molar-refractivity contribution is 14.0. The number of halogens is 1. The fourth-order valence-corrected chi connectivity index (χ4v) is 3.22. The summed E-state index contributed by atoms with van der Waals surface area (Å²) in [5.41, 5.74) is 7.06. The largest absolute Gasteiger partial charge is 0.375 e. The van der Waals surface area contributed by atoms with E-state index in [4.69, 9.17) is 10.5 Å². The van der Waals surface area contributed by atoms with E-state index in [9.17, 15) is 4.21 Å². The zero-order valence-corrected chi connectivity index (χ0v) is 16.0. The van der Waals surface area contributed by atoms with E-state index in [1.54, 1.807) is 0 Å². The van der Waals surface area contributed by atoms with Gasteiger partial charge in [0.2, 0.25) is 0 Å². The highest BCUT2D eigenvalue weighted by Gasteiger charge is 2.17. The van der Waals surface area contributed by atoms with Gasteiger partial charge in [-0.25, -0.2) is 0 Å². The highest BCUT2D eigenvalue weighted by atomic mass is 127. The van der Waals surface area contributed by atoms with Gasteiger partial charge in [0.15, 0.2) is 5.96 Å². The van der Waals surface area contributed by atoms with Crippen LogP contribution in [0, 0.1) is 0 Å². The van der Waals surface area contributed by atoms with Gasteiger partial charge in [-0.1, -0.05) is 30.3 Å². The monoisotopic (exact) mass is 437 g/mol. The smallest absolute Gasteiger partial charge is 0.191 e. The second kappa shape index (κ2) is 10.2. The molecule has 5 nitrogen and oxygen atoms in total. The van der Waals surface area contributed by atoms with E-state index in [1.165, 1.54) is 0 Å². The second-order valence-corrected chi connectivity index (χ2v) is 6.72. The van der Waals surface area contributed by atoms with E-state index in [0.717, 1.165) is 18.7 Å². The van der Waals surface area contributed by atoms with E-state index in [-0.39, 0.29) is 30.1 Å². The molecule has 0 amide bonds. The number of ether oxygens (including phenoxy) is 1. The van der Waals surface area contributed by atoms with E-state index >= 15 is 0 Å². The molecule has 1 aliphatic heterocycles. The predicted octanol–water partition coefficient (Wildman–Crippen LogP) is 1.59. The fraction of sp³-hybridized carbons (Fsp3) is 0.533. The molecular weight excluding hydrogens is 413 g/mol. The van der Waals surface area contributed by atoms with Crippen molar-refractivity contribution in [3.8, 4) is 0 Å². The molecule has 7 heteroatoms. The van der Waals surface area contributed by atoms with Gasteiger partial charge in [-0.2, -0.15) is 0 Å². The molecule has 2 N–H and O–H groups in total. The third kappa shape index (κ3) is 6.62. The lowest BCUT2D eigenvalue weighted by Crippen LogP contribution is -2.48. The minimum atomic E-state index is -0.905. The van der Waals surface area contributed by atoms with Crippen LogP contribution in [-0.2, 0) is 21.3 Å². The lowest BCUT2D eigenvalue weighted by Gasteiger charge is -2.31. The number of hydrogen-bond acceptors (Lipinski definition) is 3. The molecule has 2 rings (SSSR count). The first kappa shape index (κ1) is 19.4.